The average Bonchev–Trinajstić information content (AvgIpc) is 3.16. The number of likely N-dealkylation sites (tertiary alicyclic amines) is 1. The van der Waals surface area contributed by atoms with Gasteiger partial charge in [-0.1, -0.05) is 16.8 Å². The summed E-state index contributed by atoms with van der Waals surface area (Å²) in [5.74, 6) is 0.402. The fourth-order valence-electron chi connectivity index (χ4n) is 3.10. The van der Waals surface area contributed by atoms with Crippen LogP contribution in [-0.4, -0.2) is 46.6 Å². The molecule has 0 aliphatic carbocycles. The number of aryl methyl sites for hydroxylation is 1. The van der Waals surface area contributed by atoms with Crippen molar-refractivity contribution in [3.8, 4) is 11.4 Å². The van der Waals surface area contributed by atoms with Crippen molar-refractivity contribution in [2.45, 2.75) is 32.6 Å². The van der Waals surface area contributed by atoms with Crippen LogP contribution in [-0.2, 0) is 20.7 Å². The molecule has 0 spiro atoms. The highest BCUT2D eigenvalue weighted by Gasteiger charge is 2.29. The summed E-state index contributed by atoms with van der Waals surface area (Å²) in [7, 11) is 0. The lowest BCUT2D eigenvalue weighted by atomic mass is 9.98. The zero-order valence-electron chi connectivity index (χ0n) is 15.2. The van der Waals surface area contributed by atoms with Gasteiger partial charge in [0.2, 0.25) is 17.6 Å². The molecule has 1 aromatic carbocycles. The van der Waals surface area contributed by atoms with Crippen LogP contribution in [0.4, 0.5) is 0 Å². The fourth-order valence-corrected chi connectivity index (χ4v) is 3.23. The molecule has 0 bridgehead atoms. The van der Waals surface area contributed by atoms with Crippen LogP contribution in [0, 0.1) is 5.92 Å². The second-order valence-corrected chi connectivity index (χ2v) is 6.89. The summed E-state index contributed by atoms with van der Waals surface area (Å²) in [6, 6.07) is 7.14. The predicted octanol–water partition coefficient (Wildman–Crippen LogP) is 3.12. The van der Waals surface area contributed by atoms with Crippen molar-refractivity contribution in [1.82, 2.24) is 15.0 Å². The van der Waals surface area contributed by atoms with E-state index in [-0.39, 0.29) is 24.2 Å². The third-order valence-corrected chi connectivity index (χ3v) is 4.77. The highest BCUT2D eigenvalue weighted by molar-refractivity contribution is 6.30. The molecule has 1 fully saturated rings. The molecular weight excluding hydrogens is 370 g/mol. The van der Waals surface area contributed by atoms with Crippen LogP contribution in [0.5, 0.6) is 0 Å². The van der Waals surface area contributed by atoms with E-state index in [0.29, 0.717) is 42.9 Å². The first-order valence-corrected chi connectivity index (χ1v) is 9.47. The molecule has 2 aromatic rings. The molecule has 0 radical (unpaired) electrons. The maximum Gasteiger partial charge on any atom is 0.310 e. The second-order valence-electron chi connectivity index (χ2n) is 6.45. The van der Waals surface area contributed by atoms with Gasteiger partial charge in [0.05, 0.1) is 12.5 Å². The molecular formula is C19H22ClN3O4. The van der Waals surface area contributed by atoms with Crippen LogP contribution in [0.15, 0.2) is 28.8 Å². The van der Waals surface area contributed by atoms with Crippen molar-refractivity contribution in [2.75, 3.05) is 19.7 Å². The Morgan fingerprint density at radius 2 is 2.11 bits per heavy atom. The smallest absolute Gasteiger partial charge is 0.310 e. The predicted molar refractivity (Wildman–Crippen MR) is 99.0 cm³/mol. The summed E-state index contributed by atoms with van der Waals surface area (Å²) < 4.78 is 10.3. The first-order valence-electron chi connectivity index (χ1n) is 9.09. The molecule has 0 saturated carbocycles. The lowest BCUT2D eigenvalue weighted by Gasteiger charge is -2.31. The third kappa shape index (κ3) is 5.07. The lowest BCUT2D eigenvalue weighted by molar-refractivity contribution is -0.151. The van der Waals surface area contributed by atoms with Crippen LogP contribution < -0.4 is 0 Å². The van der Waals surface area contributed by atoms with Crippen molar-refractivity contribution in [1.29, 1.82) is 0 Å². The Morgan fingerprint density at radius 1 is 1.33 bits per heavy atom. The number of amides is 1. The molecule has 144 valence electrons. The first kappa shape index (κ1) is 19.4. The minimum absolute atomic E-state index is 0.0183. The average molecular weight is 392 g/mol. The minimum atomic E-state index is -0.234. The highest BCUT2D eigenvalue weighted by atomic mass is 35.5. The van der Waals surface area contributed by atoms with E-state index in [2.05, 4.69) is 10.1 Å². The molecule has 0 N–H and O–H groups in total. The van der Waals surface area contributed by atoms with Crippen molar-refractivity contribution in [2.24, 2.45) is 5.92 Å². The van der Waals surface area contributed by atoms with Crippen molar-refractivity contribution in [3.05, 3.63) is 35.2 Å². The number of ether oxygens (including phenoxy) is 1. The number of esters is 1. The van der Waals surface area contributed by atoms with Gasteiger partial charge in [0, 0.05) is 36.5 Å². The largest absolute Gasteiger partial charge is 0.466 e. The molecule has 1 aliphatic rings. The number of hydrogen-bond acceptors (Lipinski definition) is 6. The van der Waals surface area contributed by atoms with Gasteiger partial charge in [0.1, 0.15) is 0 Å². The van der Waals surface area contributed by atoms with E-state index < -0.39 is 0 Å². The molecule has 1 atom stereocenters. The Kier molecular flexibility index (Phi) is 6.45. The molecule has 0 unspecified atom stereocenters. The van der Waals surface area contributed by atoms with Crippen LogP contribution in [0.2, 0.25) is 5.02 Å². The van der Waals surface area contributed by atoms with Crippen molar-refractivity contribution in [3.63, 3.8) is 0 Å². The quantitative estimate of drug-likeness (QED) is 0.703. The lowest BCUT2D eigenvalue weighted by Crippen LogP contribution is -2.42. The van der Waals surface area contributed by atoms with E-state index in [0.717, 1.165) is 18.4 Å². The summed E-state index contributed by atoms with van der Waals surface area (Å²) >= 11 is 5.87. The zero-order valence-corrected chi connectivity index (χ0v) is 15.9. The first-order chi connectivity index (χ1) is 13.1. The summed E-state index contributed by atoms with van der Waals surface area (Å²) in [6.45, 7) is 3.22. The molecule has 2 heterocycles. The van der Waals surface area contributed by atoms with Crippen molar-refractivity contribution >= 4 is 23.5 Å². The van der Waals surface area contributed by atoms with Gasteiger partial charge >= 0.3 is 5.97 Å². The van der Waals surface area contributed by atoms with Gasteiger partial charge in [-0.15, -0.1) is 0 Å². The van der Waals surface area contributed by atoms with Crippen LogP contribution in [0.25, 0.3) is 11.4 Å². The summed E-state index contributed by atoms with van der Waals surface area (Å²) in [5.41, 5.74) is 0.800. The van der Waals surface area contributed by atoms with Gasteiger partial charge in [0.25, 0.3) is 0 Å². The number of carbonyl (C=O) groups excluding carboxylic acids is 2. The second kappa shape index (κ2) is 8.99. The summed E-state index contributed by atoms with van der Waals surface area (Å²) in [4.78, 5) is 30.4. The van der Waals surface area contributed by atoms with Gasteiger partial charge in [-0.05, 0) is 44.0 Å². The SMILES string of the molecule is CCOC(=O)[C@@H]1CCCN(C(=O)CCc2nc(-c3ccc(Cl)cc3)no2)C1. The van der Waals surface area contributed by atoms with E-state index in [1.165, 1.54) is 0 Å². The number of halogens is 1. The van der Waals surface area contributed by atoms with Gasteiger partial charge in [-0.25, -0.2) is 0 Å². The number of nitrogens with zero attached hydrogens (tertiary/aromatic N) is 3. The van der Waals surface area contributed by atoms with Crippen LogP contribution >= 0.6 is 11.6 Å². The number of piperidine rings is 1. The number of carbonyl (C=O) groups is 2. The van der Waals surface area contributed by atoms with E-state index >= 15 is 0 Å². The Balaban J connectivity index is 1.53. The number of hydrogen-bond donors (Lipinski definition) is 0. The maximum absolute atomic E-state index is 12.5. The highest BCUT2D eigenvalue weighted by Crippen LogP contribution is 2.21. The molecule has 1 aromatic heterocycles. The van der Waals surface area contributed by atoms with Crippen molar-refractivity contribution < 1.29 is 18.8 Å². The molecule has 3 rings (SSSR count). The summed E-state index contributed by atoms with van der Waals surface area (Å²) in [5, 5.41) is 4.58. The molecule has 1 saturated heterocycles. The molecule has 1 amide bonds. The maximum atomic E-state index is 12.5. The van der Waals surface area contributed by atoms with E-state index in [1.54, 1.807) is 24.0 Å². The minimum Gasteiger partial charge on any atom is -0.466 e. The van der Waals surface area contributed by atoms with Gasteiger partial charge in [-0.2, -0.15) is 4.98 Å². The molecule has 7 nitrogen and oxygen atoms in total. The normalized spacial score (nSPS) is 17.0. The number of rotatable bonds is 6. The van der Waals surface area contributed by atoms with Gasteiger partial charge in [0.15, 0.2) is 0 Å². The van der Waals surface area contributed by atoms with Crippen LogP contribution in [0.1, 0.15) is 32.1 Å². The Bertz CT molecular complexity index is 791. The van der Waals surface area contributed by atoms with E-state index in [9.17, 15) is 9.59 Å². The number of benzene rings is 1. The summed E-state index contributed by atoms with van der Waals surface area (Å²) in [6.07, 6.45) is 2.19. The molecule has 8 heteroatoms. The Morgan fingerprint density at radius 3 is 2.85 bits per heavy atom. The van der Waals surface area contributed by atoms with E-state index in [1.807, 2.05) is 12.1 Å². The van der Waals surface area contributed by atoms with Gasteiger partial charge < -0.3 is 14.2 Å². The fraction of sp³-hybridized carbons (Fsp3) is 0.474. The standard InChI is InChI=1S/C19H22ClN3O4/c1-2-26-19(25)14-4-3-11-23(12-14)17(24)10-9-16-21-18(22-27-16)13-5-7-15(20)8-6-13/h5-8,14H,2-4,9-12H2,1H3/t14-/m1/s1. The third-order valence-electron chi connectivity index (χ3n) is 4.52. The molecule has 1 aliphatic heterocycles. The monoisotopic (exact) mass is 391 g/mol. The Labute approximate surface area is 162 Å². The topological polar surface area (TPSA) is 85.5 Å². The zero-order chi connectivity index (χ0) is 19.2. The van der Waals surface area contributed by atoms with Crippen LogP contribution in [0.3, 0.4) is 0 Å². The molecule has 27 heavy (non-hydrogen) atoms. The van der Waals surface area contributed by atoms with Gasteiger partial charge in [-0.3, -0.25) is 9.59 Å². The van der Waals surface area contributed by atoms with E-state index in [4.69, 9.17) is 20.9 Å². The Hall–Kier alpha value is -2.41. The number of aromatic nitrogens is 2.